The molecular formula is C22H20F5N3O2. The van der Waals surface area contributed by atoms with E-state index in [-0.39, 0.29) is 11.4 Å². The Kier molecular flexibility index (Phi) is 5.23. The first kappa shape index (κ1) is 22.2. The number of hydrogen-bond acceptors (Lipinski definition) is 4. The first-order valence-corrected chi connectivity index (χ1v) is 9.77. The van der Waals surface area contributed by atoms with Crippen LogP contribution in [0.1, 0.15) is 43.0 Å². The number of methoxy groups -OCH3 is 1. The van der Waals surface area contributed by atoms with Gasteiger partial charge in [-0.05, 0) is 25.1 Å². The van der Waals surface area contributed by atoms with Crippen LogP contribution in [0.15, 0.2) is 31.0 Å². The minimum absolute atomic E-state index is 0.0550. The van der Waals surface area contributed by atoms with Crippen molar-refractivity contribution in [3.8, 4) is 5.75 Å². The third-order valence-electron chi connectivity index (χ3n) is 6.22. The monoisotopic (exact) mass is 453 g/mol. The fourth-order valence-electron chi connectivity index (χ4n) is 4.31. The Bertz CT molecular complexity index is 1190. The molecule has 0 bridgehead atoms. The maximum atomic E-state index is 14.5. The highest BCUT2D eigenvalue weighted by molar-refractivity contribution is 5.82. The van der Waals surface area contributed by atoms with Gasteiger partial charge in [0.05, 0.1) is 18.3 Å². The lowest BCUT2D eigenvalue weighted by Gasteiger charge is -2.32. The zero-order valence-corrected chi connectivity index (χ0v) is 17.4. The second-order valence-corrected chi connectivity index (χ2v) is 7.86. The Morgan fingerprint density at radius 1 is 1.25 bits per heavy atom. The van der Waals surface area contributed by atoms with Crippen molar-refractivity contribution in [3.05, 3.63) is 59.7 Å². The minimum atomic E-state index is -4.73. The molecule has 4 atom stereocenters. The lowest BCUT2D eigenvalue weighted by molar-refractivity contribution is -0.275. The van der Waals surface area contributed by atoms with E-state index in [2.05, 4.69) is 21.5 Å². The van der Waals surface area contributed by atoms with Crippen LogP contribution in [0.25, 0.3) is 17.1 Å². The van der Waals surface area contributed by atoms with Gasteiger partial charge in [0.15, 0.2) is 17.2 Å². The minimum Gasteiger partial charge on any atom is -0.493 e. The van der Waals surface area contributed by atoms with Gasteiger partial charge in [-0.2, -0.15) is 17.6 Å². The average molecular weight is 453 g/mol. The summed E-state index contributed by atoms with van der Waals surface area (Å²) in [4.78, 5) is 11.6. The lowest BCUT2D eigenvalue weighted by atomic mass is 9.77. The van der Waals surface area contributed by atoms with Crippen LogP contribution < -0.4 is 4.74 Å². The molecule has 0 radical (unpaired) electrons. The number of halogens is 5. The van der Waals surface area contributed by atoms with Gasteiger partial charge in [0, 0.05) is 23.6 Å². The number of ether oxygens (including phenoxy) is 2. The van der Waals surface area contributed by atoms with Crippen molar-refractivity contribution in [2.45, 2.75) is 37.6 Å². The number of benzene rings is 1. The number of alkyl halides is 3. The third kappa shape index (κ3) is 3.16. The molecule has 0 saturated carbocycles. The van der Waals surface area contributed by atoms with E-state index >= 15 is 0 Å². The van der Waals surface area contributed by atoms with E-state index in [1.165, 1.54) is 25.3 Å². The highest BCUT2D eigenvalue weighted by atomic mass is 19.4. The number of pyridine rings is 1. The molecule has 1 N–H and O–H groups in total. The Morgan fingerprint density at radius 2 is 1.97 bits per heavy atom. The molecule has 32 heavy (non-hydrogen) atoms. The molecule has 0 spiro atoms. The van der Waals surface area contributed by atoms with Gasteiger partial charge in [0.25, 0.3) is 0 Å². The van der Waals surface area contributed by atoms with Gasteiger partial charge in [-0.3, -0.25) is 4.98 Å². The molecule has 1 aliphatic rings. The van der Waals surface area contributed by atoms with Gasteiger partial charge >= 0.3 is 6.18 Å². The number of aromatic amines is 1. The number of aromatic nitrogens is 3. The summed E-state index contributed by atoms with van der Waals surface area (Å²) < 4.78 is 81.2. The molecule has 3 heterocycles. The van der Waals surface area contributed by atoms with Crippen molar-refractivity contribution in [2.24, 2.45) is 5.92 Å². The van der Waals surface area contributed by atoms with Crippen LogP contribution in [0.3, 0.4) is 0 Å². The maximum absolute atomic E-state index is 14.5. The number of imidazole rings is 1. The zero-order chi connectivity index (χ0) is 23.4. The summed E-state index contributed by atoms with van der Waals surface area (Å²) in [6, 6.07) is 3.70. The molecule has 1 aromatic carbocycles. The topological polar surface area (TPSA) is 60.0 Å². The molecule has 0 unspecified atom stereocenters. The van der Waals surface area contributed by atoms with Gasteiger partial charge in [-0.15, -0.1) is 0 Å². The number of nitrogens with zero attached hydrogens (tertiary/aromatic N) is 2. The Labute approximate surface area is 180 Å². The van der Waals surface area contributed by atoms with Crippen molar-refractivity contribution in [1.82, 2.24) is 15.0 Å². The van der Waals surface area contributed by atoms with E-state index in [1.807, 2.05) is 0 Å². The third-order valence-corrected chi connectivity index (χ3v) is 6.22. The lowest BCUT2D eigenvalue weighted by Crippen LogP contribution is -2.46. The van der Waals surface area contributed by atoms with Crippen molar-refractivity contribution >= 4 is 17.1 Å². The molecular weight excluding hydrogens is 433 g/mol. The normalized spacial score (nSPS) is 25.9. The summed E-state index contributed by atoms with van der Waals surface area (Å²) >= 11 is 0. The van der Waals surface area contributed by atoms with Crippen LogP contribution in [-0.2, 0) is 4.74 Å². The predicted molar refractivity (Wildman–Crippen MR) is 107 cm³/mol. The van der Waals surface area contributed by atoms with Crippen LogP contribution >= 0.6 is 0 Å². The van der Waals surface area contributed by atoms with Gasteiger partial charge in [0.1, 0.15) is 17.4 Å². The van der Waals surface area contributed by atoms with E-state index in [1.54, 1.807) is 6.07 Å². The summed E-state index contributed by atoms with van der Waals surface area (Å²) in [5.41, 5.74) is -1.14. The van der Waals surface area contributed by atoms with E-state index in [9.17, 15) is 22.0 Å². The van der Waals surface area contributed by atoms with Gasteiger partial charge in [0.2, 0.25) is 5.82 Å². The molecule has 1 saturated heterocycles. The van der Waals surface area contributed by atoms with Crippen LogP contribution in [0.5, 0.6) is 5.75 Å². The van der Waals surface area contributed by atoms with Crippen LogP contribution in [0, 0.1) is 17.6 Å². The zero-order valence-electron chi connectivity index (χ0n) is 17.4. The number of rotatable bonds is 4. The predicted octanol–water partition coefficient (Wildman–Crippen LogP) is 5.70. The SMILES string of the molecule is C=Cc1nccc2[nH]c([C@@H]3O[C@@](C)(C(F)(F)F)[C@@H](C)[C@H]3c3ccc(F)c(F)c3OC)nc12. The molecule has 3 aromatic rings. The fraction of sp³-hybridized carbons (Fsp3) is 0.364. The van der Waals surface area contributed by atoms with E-state index in [0.717, 1.165) is 20.1 Å². The van der Waals surface area contributed by atoms with Gasteiger partial charge in [-0.25, -0.2) is 9.37 Å². The van der Waals surface area contributed by atoms with Crippen molar-refractivity contribution in [2.75, 3.05) is 7.11 Å². The van der Waals surface area contributed by atoms with Crippen molar-refractivity contribution in [1.29, 1.82) is 0 Å². The van der Waals surface area contributed by atoms with Crippen molar-refractivity contribution in [3.63, 3.8) is 0 Å². The molecule has 1 fully saturated rings. The standard InChI is InChI=1S/C22H20F5N3O2/c1-5-13-17-14(8-9-28-13)29-20(30-17)19-15(10(2)21(3,32-19)22(25,26)27)11-6-7-12(23)16(24)18(11)31-4/h5-10,15,19H,1H2,2-4H3,(H,29,30)/t10-,15-,19+,21+/m0/s1. The number of hydrogen-bond donors (Lipinski definition) is 1. The van der Waals surface area contributed by atoms with E-state index < -0.39 is 47.1 Å². The second kappa shape index (κ2) is 7.54. The summed E-state index contributed by atoms with van der Waals surface area (Å²) in [6.45, 7) is 5.97. The number of nitrogens with one attached hydrogen (secondary N) is 1. The summed E-state index contributed by atoms with van der Waals surface area (Å²) in [7, 11) is 1.13. The quantitative estimate of drug-likeness (QED) is 0.515. The highest BCUT2D eigenvalue weighted by Gasteiger charge is 2.65. The molecule has 0 amide bonds. The highest BCUT2D eigenvalue weighted by Crippen LogP contribution is 2.59. The summed E-state index contributed by atoms with van der Waals surface area (Å²) in [5.74, 6) is -5.04. The number of H-pyrrole nitrogens is 1. The van der Waals surface area contributed by atoms with Crippen molar-refractivity contribution < 1.29 is 31.4 Å². The average Bonchev–Trinajstić information content (AvgIpc) is 3.29. The smallest absolute Gasteiger partial charge is 0.417 e. The van der Waals surface area contributed by atoms with E-state index in [4.69, 9.17) is 9.47 Å². The van der Waals surface area contributed by atoms with Crippen LogP contribution in [0.4, 0.5) is 22.0 Å². The van der Waals surface area contributed by atoms with Crippen LogP contribution in [-0.4, -0.2) is 33.8 Å². The molecule has 5 nitrogen and oxygen atoms in total. The first-order chi connectivity index (χ1) is 15.0. The Morgan fingerprint density at radius 3 is 2.59 bits per heavy atom. The van der Waals surface area contributed by atoms with Gasteiger partial charge < -0.3 is 14.5 Å². The number of fused-ring (bicyclic) bond motifs is 1. The summed E-state index contributed by atoms with van der Waals surface area (Å²) in [5, 5.41) is 0. The van der Waals surface area contributed by atoms with Gasteiger partial charge in [-0.1, -0.05) is 19.6 Å². The molecule has 10 heteroatoms. The largest absolute Gasteiger partial charge is 0.493 e. The fourth-order valence-corrected chi connectivity index (χ4v) is 4.31. The molecule has 4 rings (SSSR count). The summed E-state index contributed by atoms with van der Waals surface area (Å²) in [6.07, 6.45) is -3.00. The maximum Gasteiger partial charge on any atom is 0.417 e. The Balaban J connectivity index is 1.94. The van der Waals surface area contributed by atoms with E-state index in [0.29, 0.717) is 16.7 Å². The molecule has 2 aromatic heterocycles. The van der Waals surface area contributed by atoms with Crippen LogP contribution in [0.2, 0.25) is 0 Å². The Hall–Kier alpha value is -3.01. The second-order valence-electron chi connectivity index (χ2n) is 7.86. The molecule has 1 aliphatic heterocycles. The molecule has 0 aliphatic carbocycles. The first-order valence-electron chi connectivity index (χ1n) is 9.77. The molecule has 170 valence electrons.